The Labute approximate surface area is 89.2 Å². The van der Waals surface area contributed by atoms with Crippen molar-refractivity contribution in [2.45, 2.75) is 6.36 Å². The van der Waals surface area contributed by atoms with Gasteiger partial charge < -0.3 is 10.5 Å². The molecule has 0 radical (unpaired) electrons. The number of nitrogen functional groups attached to an aromatic ring is 1. The molecular formula is C10H5F3N2O. The van der Waals surface area contributed by atoms with Crippen molar-refractivity contribution in [1.82, 2.24) is 0 Å². The van der Waals surface area contributed by atoms with Crippen molar-refractivity contribution in [1.29, 1.82) is 5.26 Å². The highest BCUT2D eigenvalue weighted by Crippen LogP contribution is 2.28. The molecule has 16 heavy (non-hydrogen) atoms. The number of nitriles is 1. The van der Waals surface area contributed by atoms with E-state index in [1.807, 2.05) is 0 Å². The van der Waals surface area contributed by atoms with Crippen LogP contribution in [0.3, 0.4) is 0 Å². The molecule has 82 valence electrons. The van der Waals surface area contributed by atoms with E-state index in [1.165, 1.54) is 12.1 Å². The van der Waals surface area contributed by atoms with Crippen molar-refractivity contribution in [2.24, 2.45) is 0 Å². The third kappa shape index (κ3) is 3.43. The minimum absolute atomic E-state index is 0.193. The number of nitrogens with zero attached hydrogens (tertiary/aromatic N) is 1. The fourth-order valence-corrected chi connectivity index (χ4v) is 0.944. The van der Waals surface area contributed by atoms with Gasteiger partial charge >= 0.3 is 6.36 Å². The summed E-state index contributed by atoms with van der Waals surface area (Å²) in [6, 6.07) is 5.10. The van der Waals surface area contributed by atoms with E-state index in [1.54, 1.807) is 6.07 Å². The lowest BCUT2D eigenvalue weighted by Gasteiger charge is -2.10. The maximum absolute atomic E-state index is 11.9. The van der Waals surface area contributed by atoms with Gasteiger partial charge in [0.25, 0.3) is 0 Å². The van der Waals surface area contributed by atoms with Crippen molar-refractivity contribution in [3.8, 4) is 23.7 Å². The molecule has 0 atom stereocenters. The minimum Gasteiger partial charge on any atom is -0.404 e. The summed E-state index contributed by atoms with van der Waals surface area (Å²) in [4.78, 5) is 0. The Morgan fingerprint density at radius 2 is 2.00 bits per heavy atom. The van der Waals surface area contributed by atoms with Gasteiger partial charge in [-0.1, -0.05) is 5.92 Å². The molecule has 2 N–H and O–H groups in total. The summed E-state index contributed by atoms with van der Waals surface area (Å²) < 4.78 is 39.3. The summed E-state index contributed by atoms with van der Waals surface area (Å²) >= 11 is 0. The van der Waals surface area contributed by atoms with Crippen molar-refractivity contribution in [3.05, 3.63) is 23.8 Å². The van der Waals surface area contributed by atoms with Crippen LogP contribution >= 0.6 is 0 Å². The molecule has 0 aliphatic heterocycles. The molecule has 1 aromatic rings. The topological polar surface area (TPSA) is 59.0 Å². The number of anilines is 1. The first kappa shape index (κ1) is 11.7. The van der Waals surface area contributed by atoms with Gasteiger partial charge in [0.1, 0.15) is 0 Å². The van der Waals surface area contributed by atoms with Gasteiger partial charge in [-0.2, -0.15) is 5.26 Å². The zero-order valence-electron chi connectivity index (χ0n) is 7.80. The Hall–Kier alpha value is -2.34. The molecule has 6 heteroatoms. The second-order valence-corrected chi connectivity index (χ2v) is 2.66. The van der Waals surface area contributed by atoms with Crippen LogP contribution in [0.1, 0.15) is 5.56 Å². The van der Waals surface area contributed by atoms with Crippen LogP contribution in [0.5, 0.6) is 5.75 Å². The SMILES string of the molecule is N#CC#Cc1ccc(OC(F)(F)F)c(N)c1. The molecule has 0 saturated heterocycles. The molecule has 0 bridgehead atoms. The van der Waals surface area contributed by atoms with E-state index >= 15 is 0 Å². The summed E-state index contributed by atoms with van der Waals surface area (Å²) in [6.07, 6.45) is -4.78. The van der Waals surface area contributed by atoms with E-state index < -0.39 is 12.1 Å². The van der Waals surface area contributed by atoms with Crippen LogP contribution in [-0.2, 0) is 0 Å². The van der Waals surface area contributed by atoms with Gasteiger partial charge in [0.15, 0.2) is 11.8 Å². The van der Waals surface area contributed by atoms with Gasteiger partial charge in [-0.3, -0.25) is 0 Å². The van der Waals surface area contributed by atoms with E-state index in [0.717, 1.165) is 6.07 Å². The van der Waals surface area contributed by atoms with Crippen molar-refractivity contribution in [3.63, 3.8) is 0 Å². The fourth-order valence-electron chi connectivity index (χ4n) is 0.944. The molecule has 0 aliphatic carbocycles. The normalized spacial score (nSPS) is 9.88. The average Bonchev–Trinajstić information content (AvgIpc) is 2.17. The summed E-state index contributed by atoms with van der Waals surface area (Å²) in [5.41, 5.74) is 5.47. The molecule has 0 aliphatic rings. The van der Waals surface area contributed by atoms with Crippen LogP contribution in [0.2, 0.25) is 0 Å². The molecule has 3 nitrogen and oxygen atoms in total. The van der Waals surface area contributed by atoms with Gasteiger partial charge in [-0.05, 0) is 18.2 Å². The summed E-state index contributed by atoms with van der Waals surface area (Å²) in [5.74, 6) is 4.00. The number of benzene rings is 1. The van der Waals surface area contributed by atoms with E-state index in [9.17, 15) is 13.2 Å². The Balaban J connectivity index is 2.97. The van der Waals surface area contributed by atoms with Gasteiger partial charge in [0, 0.05) is 11.5 Å². The Morgan fingerprint density at radius 1 is 1.31 bits per heavy atom. The van der Waals surface area contributed by atoms with Crippen LogP contribution in [0.25, 0.3) is 0 Å². The Bertz CT molecular complexity index is 492. The fraction of sp³-hybridized carbons (Fsp3) is 0.100. The predicted molar refractivity (Wildman–Crippen MR) is 50.0 cm³/mol. The van der Waals surface area contributed by atoms with Gasteiger partial charge in [-0.25, -0.2) is 0 Å². The maximum atomic E-state index is 11.9. The zero-order valence-corrected chi connectivity index (χ0v) is 7.80. The van der Waals surface area contributed by atoms with Crippen molar-refractivity contribution < 1.29 is 17.9 Å². The van der Waals surface area contributed by atoms with E-state index in [-0.39, 0.29) is 5.69 Å². The molecule has 0 spiro atoms. The highest BCUT2D eigenvalue weighted by atomic mass is 19.4. The number of hydrogen-bond donors (Lipinski definition) is 1. The first-order chi connectivity index (χ1) is 7.42. The van der Waals surface area contributed by atoms with E-state index in [4.69, 9.17) is 11.0 Å². The molecule has 0 amide bonds. The molecule has 0 unspecified atom stereocenters. The standard InChI is InChI=1S/C10H5F3N2O/c11-10(12,13)16-9-4-3-7(2-1-5-14)6-8(9)15/h3-4,6H,15H2. The third-order valence-electron chi connectivity index (χ3n) is 1.50. The van der Waals surface area contributed by atoms with Crippen LogP contribution in [-0.4, -0.2) is 6.36 Å². The van der Waals surface area contributed by atoms with Crippen LogP contribution in [0.4, 0.5) is 18.9 Å². The summed E-state index contributed by atoms with van der Waals surface area (Å²) in [6.45, 7) is 0. The second kappa shape index (κ2) is 4.45. The van der Waals surface area contributed by atoms with Crippen LogP contribution in [0, 0.1) is 23.2 Å². The highest BCUT2D eigenvalue weighted by Gasteiger charge is 2.31. The predicted octanol–water partition coefficient (Wildman–Crippen LogP) is 2.04. The van der Waals surface area contributed by atoms with Crippen molar-refractivity contribution in [2.75, 3.05) is 5.73 Å². The lowest BCUT2D eigenvalue weighted by molar-refractivity contribution is -0.274. The summed E-state index contributed by atoms with van der Waals surface area (Å²) in [7, 11) is 0. The molecule has 0 heterocycles. The monoisotopic (exact) mass is 226 g/mol. The van der Waals surface area contributed by atoms with Crippen LogP contribution < -0.4 is 10.5 Å². The number of nitrogens with two attached hydrogens (primary N) is 1. The Morgan fingerprint density at radius 3 is 2.50 bits per heavy atom. The number of alkyl halides is 3. The Kier molecular flexibility index (Phi) is 3.27. The van der Waals surface area contributed by atoms with Crippen molar-refractivity contribution >= 4 is 5.69 Å². The quantitative estimate of drug-likeness (QED) is 0.588. The first-order valence-electron chi connectivity index (χ1n) is 3.98. The molecular weight excluding hydrogens is 221 g/mol. The number of rotatable bonds is 1. The molecule has 0 fully saturated rings. The number of ether oxygens (including phenoxy) is 1. The number of halogens is 3. The lowest BCUT2D eigenvalue weighted by Crippen LogP contribution is -2.18. The van der Waals surface area contributed by atoms with Gasteiger partial charge in [0.05, 0.1) is 5.69 Å². The highest BCUT2D eigenvalue weighted by molar-refractivity contribution is 5.57. The van der Waals surface area contributed by atoms with Crippen LogP contribution in [0.15, 0.2) is 18.2 Å². The second-order valence-electron chi connectivity index (χ2n) is 2.66. The largest absolute Gasteiger partial charge is 0.573 e. The molecule has 0 saturated carbocycles. The first-order valence-corrected chi connectivity index (χ1v) is 3.98. The lowest BCUT2D eigenvalue weighted by atomic mass is 10.2. The van der Waals surface area contributed by atoms with Gasteiger partial charge in [0.2, 0.25) is 0 Å². The maximum Gasteiger partial charge on any atom is 0.573 e. The molecule has 1 rings (SSSR count). The minimum atomic E-state index is -4.78. The zero-order chi connectivity index (χ0) is 12.2. The average molecular weight is 226 g/mol. The third-order valence-corrected chi connectivity index (χ3v) is 1.50. The van der Waals surface area contributed by atoms with E-state index in [0.29, 0.717) is 5.56 Å². The number of hydrogen-bond acceptors (Lipinski definition) is 3. The summed E-state index contributed by atoms with van der Waals surface area (Å²) in [5, 5.41) is 8.18. The van der Waals surface area contributed by atoms with Gasteiger partial charge in [-0.15, -0.1) is 13.2 Å². The molecule has 1 aromatic carbocycles. The smallest absolute Gasteiger partial charge is 0.404 e. The van der Waals surface area contributed by atoms with E-state index in [2.05, 4.69) is 16.6 Å². The molecule has 0 aromatic heterocycles.